The molecule has 2 rings (SSSR count). The van der Waals surface area contributed by atoms with Crippen molar-refractivity contribution >= 4 is 22.6 Å². The van der Waals surface area contributed by atoms with E-state index in [1.165, 1.54) is 5.56 Å². The number of halogens is 1. The zero-order chi connectivity index (χ0) is 19.1. The normalized spacial score (nSPS) is 11.6. The third-order valence-electron chi connectivity index (χ3n) is 4.33. The fraction of sp³-hybridized carbons (Fsp3) is 0.400. The fourth-order valence-electron chi connectivity index (χ4n) is 2.89. The van der Waals surface area contributed by atoms with Gasteiger partial charge in [0.2, 0.25) is 0 Å². The molecule has 0 spiro atoms. The molecule has 0 saturated heterocycles. The molecule has 26 heavy (non-hydrogen) atoms. The van der Waals surface area contributed by atoms with Gasteiger partial charge in [0.25, 0.3) is 0 Å². The Kier molecular flexibility index (Phi) is 7.68. The van der Waals surface area contributed by atoms with E-state index in [1.807, 2.05) is 24.3 Å². The van der Waals surface area contributed by atoms with Crippen LogP contribution in [-0.2, 0) is 6.42 Å². The first-order valence-electron chi connectivity index (χ1n) is 8.18. The van der Waals surface area contributed by atoms with Gasteiger partial charge in [-0.2, -0.15) is 0 Å². The first kappa shape index (κ1) is 20.5. The van der Waals surface area contributed by atoms with Gasteiger partial charge in [-0.05, 0) is 30.0 Å². The Morgan fingerprint density at radius 2 is 1.31 bits per heavy atom. The van der Waals surface area contributed by atoms with Crippen LogP contribution >= 0.6 is 22.6 Å². The first-order valence-corrected chi connectivity index (χ1v) is 9.71. The Balaban J connectivity index is 2.41. The van der Waals surface area contributed by atoms with E-state index in [0.717, 1.165) is 39.4 Å². The van der Waals surface area contributed by atoms with Gasteiger partial charge in [-0.25, -0.2) is 0 Å². The summed E-state index contributed by atoms with van der Waals surface area (Å²) in [6.45, 7) is 0. The highest BCUT2D eigenvalue weighted by atomic mass is 127. The molecule has 2 aromatic carbocycles. The average molecular weight is 472 g/mol. The summed E-state index contributed by atoms with van der Waals surface area (Å²) in [5.41, 5.74) is 2.20. The lowest BCUT2D eigenvalue weighted by Gasteiger charge is -2.21. The molecule has 0 saturated carbocycles. The molecule has 0 amide bonds. The van der Waals surface area contributed by atoms with Crippen LogP contribution in [0.3, 0.4) is 0 Å². The highest BCUT2D eigenvalue weighted by molar-refractivity contribution is 14.1. The smallest absolute Gasteiger partial charge is 0.160 e. The summed E-state index contributed by atoms with van der Waals surface area (Å²) in [6, 6.07) is 9.82. The van der Waals surface area contributed by atoms with Crippen molar-refractivity contribution in [2.45, 2.75) is 12.3 Å². The van der Waals surface area contributed by atoms with Crippen molar-refractivity contribution in [3.63, 3.8) is 0 Å². The zero-order valence-electron chi connectivity index (χ0n) is 15.8. The molecule has 0 aliphatic rings. The summed E-state index contributed by atoms with van der Waals surface area (Å²) in [5, 5.41) is 0. The number of hydrogen-bond donors (Lipinski definition) is 0. The van der Waals surface area contributed by atoms with Crippen LogP contribution in [0.5, 0.6) is 28.7 Å². The van der Waals surface area contributed by atoms with Gasteiger partial charge < -0.3 is 23.7 Å². The molecule has 0 aliphatic heterocycles. The van der Waals surface area contributed by atoms with Crippen LogP contribution in [0.1, 0.15) is 17.0 Å². The van der Waals surface area contributed by atoms with Gasteiger partial charge in [-0.3, -0.25) is 0 Å². The van der Waals surface area contributed by atoms with Crippen LogP contribution in [0.4, 0.5) is 0 Å². The third-order valence-corrected chi connectivity index (χ3v) is 5.40. The van der Waals surface area contributed by atoms with Crippen molar-refractivity contribution in [2.24, 2.45) is 0 Å². The lowest BCUT2D eigenvalue weighted by atomic mass is 9.92. The largest absolute Gasteiger partial charge is 0.496 e. The summed E-state index contributed by atoms with van der Waals surface area (Å²) >= 11 is 2.40. The molecule has 0 radical (unpaired) electrons. The third kappa shape index (κ3) is 4.47. The summed E-state index contributed by atoms with van der Waals surface area (Å²) in [5.74, 6) is 3.95. The minimum atomic E-state index is 0.270. The van der Waals surface area contributed by atoms with E-state index >= 15 is 0 Å². The van der Waals surface area contributed by atoms with Gasteiger partial charge in [0, 0.05) is 22.1 Å². The summed E-state index contributed by atoms with van der Waals surface area (Å²) < 4.78 is 28.2. The van der Waals surface area contributed by atoms with Gasteiger partial charge in [-0.15, -0.1) is 0 Å². The van der Waals surface area contributed by atoms with Crippen LogP contribution in [-0.4, -0.2) is 40.0 Å². The molecule has 0 N–H and O–H groups in total. The van der Waals surface area contributed by atoms with Crippen molar-refractivity contribution in [3.8, 4) is 28.7 Å². The molecular weight excluding hydrogens is 447 g/mol. The fourth-order valence-corrected chi connectivity index (χ4v) is 3.71. The summed E-state index contributed by atoms with van der Waals surface area (Å²) in [6.07, 6.45) is 0.773. The number of benzene rings is 2. The Labute approximate surface area is 168 Å². The quantitative estimate of drug-likeness (QED) is 0.398. The molecule has 0 heterocycles. The highest BCUT2D eigenvalue weighted by Crippen LogP contribution is 2.39. The van der Waals surface area contributed by atoms with Crippen molar-refractivity contribution in [1.29, 1.82) is 0 Å². The molecule has 1 atom stereocenters. The highest BCUT2D eigenvalue weighted by Gasteiger charge is 2.20. The SMILES string of the molecule is COc1cc(OC)c(C[C@@H](CI)c2ccc(OC)c(OC)c2)c(OC)c1. The molecule has 6 heteroatoms. The van der Waals surface area contributed by atoms with E-state index in [-0.39, 0.29) is 5.92 Å². The van der Waals surface area contributed by atoms with E-state index < -0.39 is 0 Å². The number of rotatable bonds is 9. The molecule has 0 bridgehead atoms. The molecule has 0 fully saturated rings. The molecule has 2 aromatic rings. The van der Waals surface area contributed by atoms with E-state index in [1.54, 1.807) is 35.5 Å². The van der Waals surface area contributed by atoms with E-state index in [2.05, 4.69) is 28.7 Å². The molecule has 142 valence electrons. The molecule has 0 unspecified atom stereocenters. The van der Waals surface area contributed by atoms with Crippen molar-refractivity contribution < 1.29 is 23.7 Å². The van der Waals surface area contributed by atoms with Gasteiger partial charge in [-0.1, -0.05) is 28.7 Å². The molecular formula is C20H25IO5. The standard InChI is InChI=1S/C20H25IO5/c1-22-15-10-18(24-3)16(19(11-15)25-4)8-14(12-21)13-6-7-17(23-2)20(9-13)26-5/h6-7,9-11,14H,8,12H2,1-5H3/t14-/m0/s1. The van der Waals surface area contributed by atoms with Gasteiger partial charge in [0.15, 0.2) is 11.5 Å². The molecule has 5 nitrogen and oxygen atoms in total. The van der Waals surface area contributed by atoms with Crippen LogP contribution in [0.25, 0.3) is 0 Å². The second-order valence-electron chi connectivity index (χ2n) is 5.68. The second kappa shape index (κ2) is 9.75. The summed E-state index contributed by atoms with van der Waals surface area (Å²) in [7, 11) is 8.24. The lowest BCUT2D eigenvalue weighted by Crippen LogP contribution is -2.08. The van der Waals surface area contributed by atoms with Gasteiger partial charge in [0.1, 0.15) is 17.2 Å². The van der Waals surface area contributed by atoms with Gasteiger partial charge >= 0.3 is 0 Å². The Morgan fingerprint density at radius 1 is 0.731 bits per heavy atom. The Morgan fingerprint density at radius 3 is 1.77 bits per heavy atom. The van der Waals surface area contributed by atoms with E-state index in [9.17, 15) is 0 Å². The lowest BCUT2D eigenvalue weighted by molar-refractivity contribution is 0.354. The first-order chi connectivity index (χ1) is 12.6. The second-order valence-corrected chi connectivity index (χ2v) is 6.56. The van der Waals surface area contributed by atoms with E-state index in [4.69, 9.17) is 23.7 Å². The number of ether oxygens (including phenoxy) is 5. The van der Waals surface area contributed by atoms with Crippen molar-refractivity contribution in [1.82, 2.24) is 0 Å². The predicted molar refractivity (Wildman–Crippen MR) is 111 cm³/mol. The average Bonchev–Trinajstić information content (AvgIpc) is 2.70. The summed E-state index contributed by atoms with van der Waals surface area (Å²) in [4.78, 5) is 0. The van der Waals surface area contributed by atoms with E-state index in [0.29, 0.717) is 5.75 Å². The van der Waals surface area contributed by atoms with Crippen LogP contribution in [0.2, 0.25) is 0 Å². The minimum absolute atomic E-state index is 0.270. The van der Waals surface area contributed by atoms with Crippen LogP contribution < -0.4 is 23.7 Å². The van der Waals surface area contributed by atoms with Gasteiger partial charge in [0.05, 0.1) is 35.5 Å². The Hall–Kier alpha value is -1.83. The Bertz CT molecular complexity index is 707. The molecule has 0 aliphatic carbocycles. The predicted octanol–water partition coefficient (Wildman–Crippen LogP) is 4.49. The van der Waals surface area contributed by atoms with Crippen molar-refractivity contribution in [2.75, 3.05) is 40.0 Å². The topological polar surface area (TPSA) is 46.2 Å². The maximum absolute atomic E-state index is 5.59. The number of hydrogen-bond acceptors (Lipinski definition) is 5. The maximum atomic E-state index is 5.59. The van der Waals surface area contributed by atoms with Crippen LogP contribution in [0.15, 0.2) is 30.3 Å². The molecule has 0 aromatic heterocycles. The number of alkyl halides is 1. The minimum Gasteiger partial charge on any atom is -0.496 e. The zero-order valence-corrected chi connectivity index (χ0v) is 18.0. The number of methoxy groups -OCH3 is 5. The van der Waals surface area contributed by atoms with Crippen molar-refractivity contribution in [3.05, 3.63) is 41.5 Å². The maximum Gasteiger partial charge on any atom is 0.160 e. The van der Waals surface area contributed by atoms with Crippen LogP contribution in [0, 0.1) is 0 Å². The monoisotopic (exact) mass is 472 g/mol.